The second-order valence-corrected chi connectivity index (χ2v) is 7.12. The highest BCUT2D eigenvalue weighted by Crippen LogP contribution is 2.24. The summed E-state index contributed by atoms with van der Waals surface area (Å²) >= 11 is 0. The Kier molecular flexibility index (Phi) is 5.26. The van der Waals surface area contributed by atoms with Crippen molar-refractivity contribution in [2.75, 3.05) is 6.61 Å². The number of aliphatic carboxylic acids is 1. The number of imidazole rings is 1. The number of carboxylic acids is 1. The van der Waals surface area contributed by atoms with Crippen molar-refractivity contribution in [1.29, 1.82) is 0 Å². The number of unbranched alkanes of at least 4 members (excludes halogenated alkanes) is 1. The van der Waals surface area contributed by atoms with Gasteiger partial charge >= 0.3 is 5.97 Å². The Bertz CT molecular complexity index is 849. The van der Waals surface area contributed by atoms with Crippen molar-refractivity contribution in [3.63, 3.8) is 0 Å². The number of hydrogen-bond acceptors (Lipinski definition) is 3. The lowest BCUT2D eigenvalue weighted by Crippen LogP contribution is -2.23. The molecule has 0 fully saturated rings. The first-order chi connectivity index (χ1) is 12.5. The van der Waals surface area contributed by atoms with Crippen LogP contribution in [0.2, 0.25) is 0 Å². The van der Waals surface area contributed by atoms with Crippen molar-refractivity contribution < 1.29 is 14.6 Å². The van der Waals surface area contributed by atoms with E-state index in [0.717, 1.165) is 41.0 Å². The van der Waals surface area contributed by atoms with Gasteiger partial charge in [0.25, 0.3) is 0 Å². The van der Waals surface area contributed by atoms with Gasteiger partial charge in [-0.2, -0.15) is 0 Å². The zero-order valence-electron chi connectivity index (χ0n) is 15.2. The molecule has 0 atom stereocenters. The lowest BCUT2D eigenvalue weighted by Gasteiger charge is -2.18. The molecule has 136 valence electrons. The summed E-state index contributed by atoms with van der Waals surface area (Å²) in [5.74, 6) is 0.899. The number of aromatic nitrogens is 2. The number of ether oxygens (including phenoxy) is 1. The van der Waals surface area contributed by atoms with Crippen LogP contribution in [-0.2, 0) is 4.79 Å². The van der Waals surface area contributed by atoms with Crippen LogP contribution in [0.15, 0.2) is 48.5 Å². The summed E-state index contributed by atoms with van der Waals surface area (Å²) in [6.45, 7) is 4.10. The van der Waals surface area contributed by atoms with E-state index in [1.54, 1.807) is 13.8 Å². The fourth-order valence-electron chi connectivity index (χ4n) is 2.76. The molecular formula is C21H24N2O3. The smallest absolute Gasteiger partial charge is 0.309 e. The Morgan fingerprint density at radius 3 is 2.54 bits per heavy atom. The monoisotopic (exact) mass is 352 g/mol. The first-order valence-electron chi connectivity index (χ1n) is 8.87. The Morgan fingerprint density at radius 1 is 1.12 bits per heavy atom. The van der Waals surface area contributed by atoms with Gasteiger partial charge in [0.05, 0.1) is 23.1 Å². The molecule has 0 amide bonds. The summed E-state index contributed by atoms with van der Waals surface area (Å²) < 4.78 is 5.75. The average Bonchev–Trinajstić information content (AvgIpc) is 3.06. The van der Waals surface area contributed by atoms with Crippen LogP contribution in [0.25, 0.3) is 22.4 Å². The van der Waals surface area contributed by atoms with Gasteiger partial charge in [-0.15, -0.1) is 0 Å². The van der Waals surface area contributed by atoms with E-state index in [9.17, 15) is 4.79 Å². The topological polar surface area (TPSA) is 75.2 Å². The maximum atomic E-state index is 11.1. The van der Waals surface area contributed by atoms with Crippen molar-refractivity contribution >= 4 is 17.0 Å². The van der Waals surface area contributed by atoms with E-state index in [-0.39, 0.29) is 0 Å². The quantitative estimate of drug-likeness (QED) is 0.566. The molecule has 2 N–H and O–H groups in total. The summed E-state index contributed by atoms with van der Waals surface area (Å²) in [6.07, 6.45) is 2.31. The second-order valence-electron chi connectivity index (χ2n) is 7.12. The number of H-pyrrole nitrogens is 1. The molecule has 0 unspecified atom stereocenters. The van der Waals surface area contributed by atoms with Gasteiger partial charge in [0.15, 0.2) is 0 Å². The average molecular weight is 352 g/mol. The Balaban J connectivity index is 1.51. The van der Waals surface area contributed by atoms with Crippen molar-refractivity contribution in [3.8, 4) is 17.1 Å². The standard InChI is InChI=1S/C21H24N2O3/c1-21(2,20(24)25)13-5-6-14-26-16-11-9-15(10-12-16)19-22-17-7-3-4-8-18(17)23-19/h3-4,7-12H,5-6,13-14H2,1-2H3,(H,22,23)(H,24,25). The van der Waals surface area contributed by atoms with Crippen LogP contribution in [0.1, 0.15) is 33.1 Å². The van der Waals surface area contributed by atoms with Gasteiger partial charge in [0, 0.05) is 5.56 Å². The Hall–Kier alpha value is -2.82. The SMILES string of the molecule is CC(C)(CCCCOc1ccc(-c2nc3ccccc3[nH]2)cc1)C(=O)O. The minimum absolute atomic E-state index is 0.583. The molecule has 0 saturated heterocycles. The molecule has 5 heteroatoms. The van der Waals surface area contributed by atoms with E-state index in [0.29, 0.717) is 13.0 Å². The van der Waals surface area contributed by atoms with E-state index in [1.807, 2.05) is 48.5 Å². The lowest BCUT2D eigenvalue weighted by atomic mass is 9.87. The number of nitrogens with zero attached hydrogens (tertiary/aromatic N) is 1. The van der Waals surface area contributed by atoms with Crippen molar-refractivity contribution in [3.05, 3.63) is 48.5 Å². The van der Waals surface area contributed by atoms with Crippen LogP contribution >= 0.6 is 0 Å². The number of hydrogen-bond donors (Lipinski definition) is 2. The number of fused-ring (bicyclic) bond motifs is 1. The first-order valence-corrected chi connectivity index (χ1v) is 8.87. The van der Waals surface area contributed by atoms with Crippen LogP contribution in [0, 0.1) is 5.41 Å². The second kappa shape index (κ2) is 7.60. The third kappa shape index (κ3) is 4.23. The van der Waals surface area contributed by atoms with Gasteiger partial charge in [0.2, 0.25) is 0 Å². The van der Waals surface area contributed by atoms with Crippen LogP contribution in [0.4, 0.5) is 0 Å². The molecule has 0 aliphatic heterocycles. The third-order valence-electron chi connectivity index (χ3n) is 4.56. The highest BCUT2D eigenvalue weighted by molar-refractivity contribution is 5.79. The summed E-state index contributed by atoms with van der Waals surface area (Å²) in [6, 6.07) is 15.8. The molecule has 2 aromatic carbocycles. The maximum Gasteiger partial charge on any atom is 0.309 e. The number of carboxylic acid groups (broad SMARTS) is 1. The van der Waals surface area contributed by atoms with Gasteiger partial charge in [-0.1, -0.05) is 12.1 Å². The summed E-state index contributed by atoms with van der Waals surface area (Å²) in [5, 5.41) is 9.10. The van der Waals surface area contributed by atoms with Crippen molar-refractivity contribution in [1.82, 2.24) is 9.97 Å². The molecule has 5 nitrogen and oxygen atoms in total. The molecule has 3 aromatic rings. The van der Waals surface area contributed by atoms with Crippen molar-refractivity contribution in [2.24, 2.45) is 5.41 Å². The molecule has 3 rings (SSSR count). The van der Waals surface area contributed by atoms with Gasteiger partial charge in [0.1, 0.15) is 11.6 Å². The van der Waals surface area contributed by atoms with Crippen molar-refractivity contribution in [2.45, 2.75) is 33.1 Å². The fraction of sp³-hybridized carbons (Fsp3) is 0.333. The minimum Gasteiger partial charge on any atom is -0.494 e. The molecule has 0 bridgehead atoms. The summed E-state index contributed by atoms with van der Waals surface area (Å²) in [4.78, 5) is 19.0. The van der Waals surface area contributed by atoms with E-state index < -0.39 is 11.4 Å². The van der Waals surface area contributed by atoms with Crippen LogP contribution in [0.5, 0.6) is 5.75 Å². The predicted octanol–water partition coefficient (Wildman–Crippen LogP) is 4.89. The highest BCUT2D eigenvalue weighted by atomic mass is 16.5. The molecule has 1 heterocycles. The number of aromatic amines is 1. The van der Waals surface area contributed by atoms with E-state index >= 15 is 0 Å². The summed E-state index contributed by atoms with van der Waals surface area (Å²) in [7, 11) is 0. The van der Waals surface area contributed by atoms with E-state index in [2.05, 4.69) is 9.97 Å². The zero-order valence-corrected chi connectivity index (χ0v) is 15.2. The van der Waals surface area contributed by atoms with E-state index in [4.69, 9.17) is 9.84 Å². The summed E-state index contributed by atoms with van der Waals surface area (Å²) in [5.41, 5.74) is 2.31. The zero-order chi connectivity index (χ0) is 18.6. The third-order valence-corrected chi connectivity index (χ3v) is 4.56. The van der Waals surface area contributed by atoms with Gasteiger partial charge in [-0.25, -0.2) is 4.98 Å². The molecule has 1 aromatic heterocycles. The van der Waals surface area contributed by atoms with Gasteiger partial charge < -0.3 is 14.8 Å². The molecule has 0 radical (unpaired) electrons. The maximum absolute atomic E-state index is 11.1. The predicted molar refractivity (Wildman–Crippen MR) is 102 cm³/mol. The number of rotatable bonds is 8. The van der Waals surface area contributed by atoms with E-state index in [1.165, 1.54) is 0 Å². The number of carbonyl (C=O) groups is 1. The Morgan fingerprint density at radius 2 is 1.85 bits per heavy atom. The largest absolute Gasteiger partial charge is 0.494 e. The van der Waals surface area contributed by atoms with Crippen LogP contribution in [-0.4, -0.2) is 27.7 Å². The van der Waals surface area contributed by atoms with Gasteiger partial charge in [-0.3, -0.25) is 4.79 Å². The molecule has 0 aliphatic carbocycles. The van der Waals surface area contributed by atoms with Gasteiger partial charge in [-0.05, 0) is 69.5 Å². The minimum atomic E-state index is -0.750. The molecule has 26 heavy (non-hydrogen) atoms. The van der Waals surface area contributed by atoms with Crippen LogP contribution < -0.4 is 4.74 Å². The number of para-hydroxylation sites is 2. The first kappa shape index (κ1) is 18.0. The number of benzene rings is 2. The molecule has 0 saturated carbocycles. The number of nitrogens with one attached hydrogen (secondary N) is 1. The Labute approximate surface area is 153 Å². The normalized spacial score (nSPS) is 11.6. The molecule has 0 spiro atoms. The fourth-order valence-corrected chi connectivity index (χ4v) is 2.76. The lowest BCUT2D eigenvalue weighted by molar-refractivity contribution is -0.147. The van der Waals surface area contributed by atoms with Crippen LogP contribution in [0.3, 0.4) is 0 Å². The molecular weight excluding hydrogens is 328 g/mol. The highest BCUT2D eigenvalue weighted by Gasteiger charge is 2.25. The molecule has 0 aliphatic rings.